The summed E-state index contributed by atoms with van der Waals surface area (Å²) in [6.07, 6.45) is 6.98. The first-order valence-corrected chi connectivity index (χ1v) is 7.77. The Labute approximate surface area is 137 Å². The summed E-state index contributed by atoms with van der Waals surface area (Å²) in [5.41, 5.74) is 1.99. The number of hydrogen-bond donors (Lipinski definition) is 0. The summed E-state index contributed by atoms with van der Waals surface area (Å²) >= 11 is 0. The Balaban J connectivity index is 2.11. The van der Waals surface area contributed by atoms with Gasteiger partial charge in [-0.2, -0.15) is 5.26 Å². The van der Waals surface area contributed by atoms with Gasteiger partial charge in [-0.05, 0) is 23.5 Å². The summed E-state index contributed by atoms with van der Waals surface area (Å²) < 4.78 is 0. The number of nitrogens with zero attached hydrogens (tertiary/aromatic N) is 5. The van der Waals surface area contributed by atoms with Gasteiger partial charge in [0.1, 0.15) is 11.9 Å². The Kier molecular flexibility index (Phi) is 4.74. The van der Waals surface area contributed by atoms with Gasteiger partial charge in [0.05, 0.1) is 0 Å². The highest BCUT2D eigenvalue weighted by Crippen LogP contribution is 2.27. The standard InChI is InChI=1S/C18H23N5/c1-17(2,3)14-7-9-20-15(23-14)6-8-18(4,5)13-11-21-16(10-19)22-12-13/h7,9,11-12H,6,8H2,1-5H3. The third kappa shape index (κ3) is 4.32. The van der Waals surface area contributed by atoms with Crippen molar-refractivity contribution in [3.8, 4) is 6.07 Å². The van der Waals surface area contributed by atoms with Gasteiger partial charge in [0.2, 0.25) is 5.82 Å². The van der Waals surface area contributed by atoms with E-state index in [9.17, 15) is 0 Å². The maximum atomic E-state index is 8.78. The van der Waals surface area contributed by atoms with E-state index in [4.69, 9.17) is 5.26 Å². The van der Waals surface area contributed by atoms with Crippen molar-refractivity contribution < 1.29 is 0 Å². The molecule has 5 nitrogen and oxygen atoms in total. The van der Waals surface area contributed by atoms with Crippen molar-refractivity contribution in [3.05, 3.63) is 47.6 Å². The molecule has 23 heavy (non-hydrogen) atoms. The van der Waals surface area contributed by atoms with Crippen LogP contribution in [-0.2, 0) is 17.3 Å². The van der Waals surface area contributed by atoms with Crippen LogP contribution in [0, 0.1) is 11.3 Å². The van der Waals surface area contributed by atoms with E-state index in [1.807, 2.05) is 18.3 Å². The van der Waals surface area contributed by atoms with Crippen LogP contribution >= 0.6 is 0 Å². The molecule has 0 saturated carbocycles. The molecule has 0 spiro atoms. The molecule has 0 unspecified atom stereocenters. The zero-order chi connectivity index (χ0) is 17.1. The molecule has 0 aliphatic heterocycles. The summed E-state index contributed by atoms with van der Waals surface area (Å²) in [7, 11) is 0. The molecule has 5 heteroatoms. The van der Waals surface area contributed by atoms with Gasteiger partial charge < -0.3 is 0 Å². The Bertz CT molecular complexity index is 705. The van der Waals surface area contributed by atoms with Crippen LogP contribution in [0.3, 0.4) is 0 Å². The van der Waals surface area contributed by atoms with Crippen molar-refractivity contribution >= 4 is 0 Å². The predicted molar refractivity (Wildman–Crippen MR) is 88.8 cm³/mol. The lowest BCUT2D eigenvalue weighted by molar-refractivity contribution is 0.467. The van der Waals surface area contributed by atoms with Crippen molar-refractivity contribution in [2.45, 2.75) is 58.3 Å². The first-order valence-electron chi connectivity index (χ1n) is 7.77. The Hall–Kier alpha value is -2.35. The molecule has 0 aromatic carbocycles. The van der Waals surface area contributed by atoms with Gasteiger partial charge in [-0.3, -0.25) is 0 Å². The summed E-state index contributed by atoms with van der Waals surface area (Å²) in [4.78, 5) is 17.2. The van der Waals surface area contributed by atoms with E-state index in [1.165, 1.54) is 0 Å². The first-order chi connectivity index (χ1) is 10.7. The average Bonchev–Trinajstić information content (AvgIpc) is 2.52. The van der Waals surface area contributed by atoms with Crippen LogP contribution in [0.15, 0.2) is 24.7 Å². The molecule has 0 atom stereocenters. The maximum Gasteiger partial charge on any atom is 0.232 e. The smallest absolute Gasteiger partial charge is 0.232 e. The van der Waals surface area contributed by atoms with Crippen molar-refractivity contribution in [1.82, 2.24) is 19.9 Å². The first kappa shape index (κ1) is 17.0. The zero-order valence-electron chi connectivity index (χ0n) is 14.5. The molecular formula is C18H23N5. The highest BCUT2D eigenvalue weighted by atomic mass is 14.9. The number of aryl methyl sites for hydroxylation is 1. The van der Waals surface area contributed by atoms with E-state index in [0.29, 0.717) is 0 Å². The average molecular weight is 309 g/mol. The Morgan fingerprint density at radius 1 is 1.04 bits per heavy atom. The van der Waals surface area contributed by atoms with Gasteiger partial charge >= 0.3 is 0 Å². The third-order valence-corrected chi connectivity index (χ3v) is 3.98. The molecular weight excluding hydrogens is 286 g/mol. The van der Waals surface area contributed by atoms with E-state index < -0.39 is 0 Å². The number of nitriles is 1. The monoisotopic (exact) mass is 309 g/mol. The molecule has 2 heterocycles. The highest BCUT2D eigenvalue weighted by molar-refractivity contribution is 5.20. The van der Waals surface area contributed by atoms with E-state index >= 15 is 0 Å². The zero-order valence-corrected chi connectivity index (χ0v) is 14.5. The van der Waals surface area contributed by atoms with Crippen LogP contribution in [-0.4, -0.2) is 19.9 Å². The highest BCUT2D eigenvalue weighted by Gasteiger charge is 2.23. The molecule has 2 aromatic rings. The topological polar surface area (TPSA) is 75.3 Å². The fourth-order valence-corrected chi connectivity index (χ4v) is 2.24. The lowest BCUT2D eigenvalue weighted by Crippen LogP contribution is -2.20. The van der Waals surface area contributed by atoms with Crippen LogP contribution in [0.5, 0.6) is 0 Å². The third-order valence-electron chi connectivity index (χ3n) is 3.98. The normalized spacial score (nSPS) is 12.0. The predicted octanol–water partition coefficient (Wildman–Crippen LogP) is 3.35. The van der Waals surface area contributed by atoms with Crippen molar-refractivity contribution in [2.75, 3.05) is 0 Å². The summed E-state index contributed by atoms with van der Waals surface area (Å²) in [5, 5.41) is 8.78. The summed E-state index contributed by atoms with van der Waals surface area (Å²) in [5.74, 6) is 1.06. The number of aromatic nitrogens is 4. The van der Waals surface area contributed by atoms with Crippen LogP contribution < -0.4 is 0 Å². The molecule has 0 N–H and O–H groups in total. The number of rotatable bonds is 4. The molecule has 0 bridgehead atoms. The minimum absolute atomic E-state index is 0.0220. The van der Waals surface area contributed by atoms with Gasteiger partial charge in [0.15, 0.2) is 0 Å². The van der Waals surface area contributed by atoms with E-state index in [0.717, 1.165) is 29.9 Å². The fourth-order valence-electron chi connectivity index (χ4n) is 2.24. The van der Waals surface area contributed by atoms with Crippen LogP contribution in [0.25, 0.3) is 0 Å². The van der Waals surface area contributed by atoms with Crippen molar-refractivity contribution in [3.63, 3.8) is 0 Å². The molecule has 0 aliphatic carbocycles. The van der Waals surface area contributed by atoms with Gasteiger partial charge in [-0.15, -0.1) is 0 Å². The molecule has 0 aliphatic rings. The second-order valence-corrected chi connectivity index (χ2v) is 7.40. The minimum atomic E-state index is -0.102. The van der Waals surface area contributed by atoms with Gasteiger partial charge in [-0.1, -0.05) is 34.6 Å². The van der Waals surface area contributed by atoms with Crippen molar-refractivity contribution in [2.24, 2.45) is 0 Å². The second kappa shape index (κ2) is 6.41. The summed E-state index contributed by atoms with van der Waals surface area (Å²) in [6.45, 7) is 10.7. The largest absolute Gasteiger partial charge is 0.241 e. The molecule has 0 saturated heterocycles. The summed E-state index contributed by atoms with van der Waals surface area (Å²) in [6, 6.07) is 3.92. The quantitative estimate of drug-likeness (QED) is 0.865. The number of hydrogen-bond acceptors (Lipinski definition) is 5. The molecule has 2 aromatic heterocycles. The SMILES string of the molecule is CC(C)(C)c1ccnc(CCC(C)(C)c2cnc(C#N)nc2)n1. The lowest BCUT2D eigenvalue weighted by Gasteiger charge is -2.24. The molecule has 2 rings (SSSR count). The molecule has 0 fully saturated rings. The van der Waals surface area contributed by atoms with Crippen LogP contribution in [0.1, 0.15) is 63.9 Å². The molecule has 0 radical (unpaired) electrons. The molecule has 120 valence electrons. The Morgan fingerprint density at radius 3 is 2.26 bits per heavy atom. The maximum absolute atomic E-state index is 8.78. The fraction of sp³-hybridized carbons (Fsp3) is 0.500. The van der Waals surface area contributed by atoms with E-state index in [2.05, 4.69) is 54.6 Å². The van der Waals surface area contributed by atoms with Crippen LogP contribution in [0.4, 0.5) is 0 Å². The lowest BCUT2D eigenvalue weighted by atomic mass is 9.82. The van der Waals surface area contributed by atoms with Gasteiger partial charge in [0, 0.05) is 36.1 Å². The molecule has 0 amide bonds. The van der Waals surface area contributed by atoms with Gasteiger partial charge in [-0.25, -0.2) is 19.9 Å². The van der Waals surface area contributed by atoms with Crippen LogP contribution in [0.2, 0.25) is 0 Å². The second-order valence-electron chi connectivity index (χ2n) is 7.40. The van der Waals surface area contributed by atoms with Gasteiger partial charge in [0.25, 0.3) is 0 Å². The van der Waals surface area contributed by atoms with Crippen molar-refractivity contribution in [1.29, 1.82) is 5.26 Å². The van der Waals surface area contributed by atoms with E-state index in [1.54, 1.807) is 12.4 Å². The Morgan fingerprint density at radius 2 is 1.70 bits per heavy atom. The van der Waals surface area contributed by atoms with E-state index in [-0.39, 0.29) is 16.7 Å². The minimum Gasteiger partial charge on any atom is -0.241 e.